The maximum absolute atomic E-state index is 13.1. The number of nitrogens with one attached hydrogen (secondary N) is 1. The van der Waals surface area contributed by atoms with Crippen molar-refractivity contribution < 1.29 is 22.7 Å². The Morgan fingerprint density at radius 1 is 1.20 bits per heavy atom. The molecule has 0 atom stereocenters. The fraction of sp³-hybridized carbons (Fsp3) is 0.368. The van der Waals surface area contributed by atoms with Crippen molar-refractivity contribution in [1.29, 1.82) is 0 Å². The van der Waals surface area contributed by atoms with Crippen molar-refractivity contribution in [2.24, 2.45) is 0 Å². The number of rotatable bonds is 4. The van der Waals surface area contributed by atoms with Crippen LogP contribution in [-0.4, -0.2) is 63.0 Å². The predicted octanol–water partition coefficient (Wildman–Crippen LogP) is 2.99. The van der Waals surface area contributed by atoms with Gasteiger partial charge < -0.3 is 15.0 Å². The highest BCUT2D eigenvalue weighted by Crippen LogP contribution is 2.28. The highest BCUT2D eigenvalue weighted by molar-refractivity contribution is 5.98. The molecule has 3 aromatic heterocycles. The van der Waals surface area contributed by atoms with Crippen LogP contribution in [0.5, 0.6) is 0 Å². The van der Waals surface area contributed by atoms with Gasteiger partial charge in [-0.25, -0.2) is 4.98 Å². The lowest BCUT2D eigenvalue weighted by atomic mass is 10.2. The summed E-state index contributed by atoms with van der Waals surface area (Å²) in [7, 11) is 0. The zero-order chi connectivity index (χ0) is 21.1. The molecule has 1 saturated heterocycles. The Kier molecular flexibility index (Phi) is 5.53. The third-order valence-corrected chi connectivity index (χ3v) is 4.61. The molecular formula is C19H19F3N6O2. The molecule has 3 aromatic rings. The summed E-state index contributed by atoms with van der Waals surface area (Å²) in [4.78, 5) is 22.7. The average Bonchev–Trinajstić information content (AvgIpc) is 2.89. The second kappa shape index (κ2) is 8.27. The third kappa shape index (κ3) is 4.51. The van der Waals surface area contributed by atoms with E-state index in [1.807, 2.05) is 0 Å². The summed E-state index contributed by atoms with van der Waals surface area (Å²) < 4.78 is 45.5. The lowest BCUT2D eigenvalue weighted by Crippen LogP contribution is -2.33. The summed E-state index contributed by atoms with van der Waals surface area (Å²) in [6.45, 7) is 0.609. The van der Waals surface area contributed by atoms with Crippen LogP contribution < -0.4 is 5.32 Å². The number of aromatic nitrogens is 4. The summed E-state index contributed by atoms with van der Waals surface area (Å²) in [5.41, 5.74) is 0.229. The van der Waals surface area contributed by atoms with E-state index >= 15 is 0 Å². The summed E-state index contributed by atoms with van der Waals surface area (Å²) in [6, 6.07) is 6.48. The van der Waals surface area contributed by atoms with E-state index in [2.05, 4.69) is 20.4 Å². The van der Waals surface area contributed by atoms with Gasteiger partial charge in [-0.05, 0) is 24.6 Å². The Morgan fingerprint density at radius 3 is 2.83 bits per heavy atom. The first-order chi connectivity index (χ1) is 14.4. The molecule has 0 aromatic carbocycles. The van der Waals surface area contributed by atoms with Crippen LogP contribution in [0.25, 0.3) is 10.9 Å². The van der Waals surface area contributed by atoms with E-state index in [1.165, 1.54) is 12.3 Å². The fourth-order valence-corrected chi connectivity index (χ4v) is 3.24. The molecule has 0 spiro atoms. The van der Waals surface area contributed by atoms with Crippen molar-refractivity contribution in [2.45, 2.75) is 19.1 Å². The van der Waals surface area contributed by atoms with Crippen LogP contribution >= 0.6 is 0 Å². The van der Waals surface area contributed by atoms with Crippen LogP contribution in [0.3, 0.4) is 0 Å². The molecule has 158 valence electrons. The molecule has 1 aliphatic heterocycles. The van der Waals surface area contributed by atoms with Gasteiger partial charge in [0, 0.05) is 32.1 Å². The number of hydrogen-bond acceptors (Lipinski definition) is 6. The van der Waals surface area contributed by atoms with Crippen LogP contribution in [0.4, 0.5) is 24.8 Å². The second-order valence-corrected chi connectivity index (χ2v) is 6.81. The van der Waals surface area contributed by atoms with Crippen molar-refractivity contribution in [3.8, 4) is 0 Å². The van der Waals surface area contributed by atoms with Gasteiger partial charge in [0.1, 0.15) is 18.1 Å². The van der Waals surface area contributed by atoms with Gasteiger partial charge in [0.2, 0.25) is 0 Å². The Balaban J connectivity index is 1.71. The largest absolute Gasteiger partial charge is 0.408 e. The maximum Gasteiger partial charge on any atom is 0.408 e. The lowest BCUT2D eigenvalue weighted by molar-refractivity contribution is -0.141. The lowest BCUT2D eigenvalue weighted by Gasteiger charge is -2.19. The van der Waals surface area contributed by atoms with Crippen LogP contribution in [0, 0.1) is 0 Å². The van der Waals surface area contributed by atoms with Crippen molar-refractivity contribution in [3.05, 3.63) is 42.4 Å². The van der Waals surface area contributed by atoms with Gasteiger partial charge in [-0.3, -0.25) is 14.5 Å². The van der Waals surface area contributed by atoms with E-state index in [1.54, 1.807) is 29.3 Å². The van der Waals surface area contributed by atoms with Crippen molar-refractivity contribution in [2.75, 3.05) is 31.6 Å². The third-order valence-electron chi connectivity index (χ3n) is 4.61. The molecular weight excluding hydrogens is 401 g/mol. The highest BCUT2D eigenvalue weighted by atomic mass is 19.4. The van der Waals surface area contributed by atoms with Gasteiger partial charge in [-0.15, -0.1) is 0 Å². The van der Waals surface area contributed by atoms with Gasteiger partial charge in [-0.2, -0.15) is 18.3 Å². The van der Waals surface area contributed by atoms with Gasteiger partial charge >= 0.3 is 6.18 Å². The number of nitrogens with zero attached hydrogens (tertiary/aromatic N) is 5. The minimum Gasteiger partial charge on any atom is -0.380 e. The topological polar surface area (TPSA) is 85.2 Å². The van der Waals surface area contributed by atoms with E-state index < -0.39 is 12.7 Å². The number of fused-ring (bicyclic) bond motifs is 1. The zero-order valence-electron chi connectivity index (χ0n) is 15.9. The van der Waals surface area contributed by atoms with E-state index in [4.69, 9.17) is 4.74 Å². The first-order valence-electron chi connectivity index (χ1n) is 9.39. The summed E-state index contributed by atoms with van der Waals surface area (Å²) in [5, 5.41) is 7.33. The number of alkyl halides is 3. The molecule has 1 N–H and O–H groups in total. The molecule has 11 heteroatoms. The van der Waals surface area contributed by atoms with Gasteiger partial charge in [0.05, 0.1) is 17.5 Å². The highest BCUT2D eigenvalue weighted by Gasteiger charge is 2.30. The average molecular weight is 420 g/mol. The van der Waals surface area contributed by atoms with Gasteiger partial charge in [0.15, 0.2) is 5.82 Å². The number of halogens is 3. The number of anilines is 2. The SMILES string of the molecule is O=C(c1cc2c(cn1)c(Nc1ccccn1)nn2CC(F)(F)F)N1CCCOCC1. The second-order valence-electron chi connectivity index (χ2n) is 6.81. The molecule has 0 unspecified atom stereocenters. The summed E-state index contributed by atoms with van der Waals surface area (Å²) >= 11 is 0. The molecule has 1 fully saturated rings. The van der Waals surface area contributed by atoms with E-state index in [-0.39, 0.29) is 22.9 Å². The molecule has 0 bridgehead atoms. The summed E-state index contributed by atoms with van der Waals surface area (Å²) in [6.07, 6.45) is -0.867. The van der Waals surface area contributed by atoms with Crippen LogP contribution in [0.1, 0.15) is 16.9 Å². The standard InChI is InChI=1S/C19H19F3N6O2/c20-19(21,22)12-28-15-10-14(18(29)27-6-3-8-30-9-7-27)24-11-13(15)17(26-28)25-16-4-1-2-5-23-16/h1-2,4-5,10-11H,3,6-9,12H2,(H,23,25,26). The van der Waals surface area contributed by atoms with Crippen LogP contribution in [-0.2, 0) is 11.3 Å². The van der Waals surface area contributed by atoms with Crippen molar-refractivity contribution in [1.82, 2.24) is 24.6 Å². The molecule has 1 aliphatic rings. The minimum absolute atomic E-state index is 0.0668. The molecule has 0 aliphatic carbocycles. The molecule has 8 nitrogen and oxygen atoms in total. The molecule has 0 radical (unpaired) electrons. The number of amides is 1. The number of carbonyl (C=O) groups excluding carboxylic acids is 1. The van der Waals surface area contributed by atoms with E-state index in [0.29, 0.717) is 43.9 Å². The fourth-order valence-electron chi connectivity index (χ4n) is 3.24. The number of ether oxygens (including phenoxy) is 1. The van der Waals surface area contributed by atoms with E-state index in [9.17, 15) is 18.0 Å². The Labute approximate surface area is 169 Å². The van der Waals surface area contributed by atoms with E-state index in [0.717, 1.165) is 4.68 Å². The number of carbonyl (C=O) groups is 1. The molecule has 30 heavy (non-hydrogen) atoms. The number of pyridine rings is 2. The normalized spacial score (nSPS) is 15.2. The van der Waals surface area contributed by atoms with Crippen LogP contribution in [0.15, 0.2) is 36.7 Å². The maximum atomic E-state index is 13.1. The smallest absolute Gasteiger partial charge is 0.380 e. The Morgan fingerprint density at radius 2 is 2.07 bits per heavy atom. The van der Waals surface area contributed by atoms with Crippen molar-refractivity contribution in [3.63, 3.8) is 0 Å². The molecule has 4 heterocycles. The molecule has 4 rings (SSSR count). The minimum atomic E-state index is -4.48. The summed E-state index contributed by atoms with van der Waals surface area (Å²) in [5.74, 6) is 0.268. The van der Waals surface area contributed by atoms with Gasteiger partial charge in [-0.1, -0.05) is 6.07 Å². The first kappa shape index (κ1) is 20.1. The number of hydrogen-bond donors (Lipinski definition) is 1. The first-order valence-corrected chi connectivity index (χ1v) is 9.39. The quantitative estimate of drug-likeness (QED) is 0.699. The Hall–Kier alpha value is -3.21. The zero-order valence-corrected chi connectivity index (χ0v) is 15.9. The van der Waals surface area contributed by atoms with Crippen molar-refractivity contribution >= 4 is 28.4 Å². The monoisotopic (exact) mass is 420 g/mol. The van der Waals surface area contributed by atoms with Gasteiger partial charge in [0.25, 0.3) is 5.91 Å². The molecule has 0 saturated carbocycles. The predicted molar refractivity (Wildman–Crippen MR) is 102 cm³/mol. The van der Waals surface area contributed by atoms with Crippen LogP contribution in [0.2, 0.25) is 0 Å². The molecule has 1 amide bonds. The Bertz CT molecular complexity index is 1030.